The van der Waals surface area contributed by atoms with Crippen molar-refractivity contribution in [2.45, 2.75) is 39.5 Å². The van der Waals surface area contributed by atoms with Crippen LogP contribution in [0.2, 0.25) is 0 Å². The largest absolute Gasteiger partial charge is 0.302 e. The Hall–Kier alpha value is 0.440. The third-order valence-corrected chi connectivity index (χ3v) is 5.14. The normalized spacial score (nSPS) is 29.0. The quantitative estimate of drug-likeness (QED) is 0.712. The lowest BCUT2D eigenvalue weighted by atomic mass is 9.73. The molecule has 2 heteroatoms. The first-order chi connectivity index (χ1) is 7.09. The average molecular weight is 274 g/mol. The molecule has 1 aliphatic heterocycles. The van der Waals surface area contributed by atoms with Gasteiger partial charge in [0.2, 0.25) is 0 Å². The molecule has 0 aromatic carbocycles. The van der Waals surface area contributed by atoms with E-state index in [1.54, 1.807) is 0 Å². The predicted molar refractivity (Wildman–Crippen MR) is 69.5 cm³/mol. The van der Waals surface area contributed by atoms with Gasteiger partial charge in [0, 0.05) is 25.0 Å². The van der Waals surface area contributed by atoms with E-state index < -0.39 is 0 Å². The zero-order chi connectivity index (χ0) is 10.9. The van der Waals surface area contributed by atoms with E-state index in [4.69, 9.17) is 0 Å². The van der Waals surface area contributed by atoms with Gasteiger partial charge in [-0.2, -0.15) is 0 Å². The van der Waals surface area contributed by atoms with Gasteiger partial charge < -0.3 is 4.90 Å². The second-order valence-electron chi connectivity index (χ2n) is 6.35. The van der Waals surface area contributed by atoms with Gasteiger partial charge in [-0.15, -0.1) is 0 Å². The van der Waals surface area contributed by atoms with Gasteiger partial charge in [-0.1, -0.05) is 29.8 Å². The molecule has 1 nitrogen and oxygen atoms in total. The Labute approximate surface area is 103 Å². The van der Waals surface area contributed by atoms with Crippen molar-refractivity contribution in [3.05, 3.63) is 0 Å². The van der Waals surface area contributed by atoms with Crippen LogP contribution in [0, 0.1) is 17.3 Å². The van der Waals surface area contributed by atoms with Crippen LogP contribution in [0.4, 0.5) is 0 Å². The summed E-state index contributed by atoms with van der Waals surface area (Å²) >= 11 is 3.57. The van der Waals surface area contributed by atoms with Gasteiger partial charge in [-0.25, -0.2) is 0 Å². The minimum atomic E-state index is 0.629. The Morgan fingerprint density at radius 3 is 2.27 bits per heavy atom. The molecule has 15 heavy (non-hydrogen) atoms. The Bertz CT molecular complexity index is 199. The number of nitrogens with zero attached hydrogens (tertiary/aromatic N) is 1. The van der Waals surface area contributed by atoms with Crippen LogP contribution < -0.4 is 0 Å². The number of alkyl halides is 1. The van der Waals surface area contributed by atoms with Gasteiger partial charge in [0.05, 0.1) is 0 Å². The molecule has 2 fully saturated rings. The summed E-state index contributed by atoms with van der Waals surface area (Å²) in [5.74, 6) is 1.93. The summed E-state index contributed by atoms with van der Waals surface area (Å²) in [5, 5.41) is 1.20. The SMILES string of the molecule is CC1(C)CCC(CN2CC(CBr)C2)CC1. The molecule has 0 unspecified atom stereocenters. The highest BCUT2D eigenvalue weighted by Gasteiger charge is 2.31. The number of rotatable bonds is 3. The third-order valence-electron chi connectivity index (χ3n) is 4.23. The summed E-state index contributed by atoms with van der Waals surface area (Å²) < 4.78 is 0. The van der Waals surface area contributed by atoms with E-state index in [1.807, 2.05) is 0 Å². The average Bonchev–Trinajstić information content (AvgIpc) is 2.13. The van der Waals surface area contributed by atoms with Gasteiger partial charge >= 0.3 is 0 Å². The molecular formula is C13H24BrN. The summed E-state index contributed by atoms with van der Waals surface area (Å²) in [7, 11) is 0. The molecule has 1 aliphatic carbocycles. The maximum Gasteiger partial charge on any atom is 0.00841 e. The molecule has 0 aromatic rings. The smallest absolute Gasteiger partial charge is 0.00841 e. The lowest BCUT2D eigenvalue weighted by Crippen LogP contribution is -2.49. The van der Waals surface area contributed by atoms with Gasteiger partial charge in [-0.05, 0) is 42.9 Å². The van der Waals surface area contributed by atoms with Crippen LogP contribution >= 0.6 is 15.9 Å². The van der Waals surface area contributed by atoms with E-state index in [2.05, 4.69) is 34.7 Å². The second kappa shape index (κ2) is 4.75. The lowest BCUT2D eigenvalue weighted by molar-refractivity contribution is 0.0715. The van der Waals surface area contributed by atoms with Crippen LogP contribution in [0.5, 0.6) is 0 Å². The fourth-order valence-corrected chi connectivity index (χ4v) is 3.34. The van der Waals surface area contributed by atoms with Gasteiger partial charge in [0.25, 0.3) is 0 Å². The zero-order valence-corrected chi connectivity index (χ0v) is 11.7. The number of hydrogen-bond donors (Lipinski definition) is 0. The van der Waals surface area contributed by atoms with Gasteiger partial charge in [-0.3, -0.25) is 0 Å². The minimum Gasteiger partial charge on any atom is -0.302 e. The highest BCUT2D eigenvalue weighted by molar-refractivity contribution is 9.09. The van der Waals surface area contributed by atoms with Crippen LogP contribution in [0.1, 0.15) is 39.5 Å². The molecule has 0 bridgehead atoms. The van der Waals surface area contributed by atoms with E-state index in [1.165, 1.54) is 50.6 Å². The van der Waals surface area contributed by atoms with Crippen molar-refractivity contribution in [1.29, 1.82) is 0 Å². The van der Waals surface area contributed by atoms with E-state index in [0.717, 1.165) is 11.8 Å². The molecule has 0 aromatic heterocycles. The zero-order valence-electron chi connectivity index (χ0n) is 10.1. The highest BCUT2D eigenvalue weighted by Crippen LogP contribution is 2.38. The molecule has 0 amide bonds. The Balaban J connectivity index is 1.65. The first kappa shape index (κ1) is 11.9. The standard InChI is InChI=1S/C13H24BrN/c1-13(2)5-3-11(4-6-13)8-15-9-12(7-14)10-15/h11-12H,3-10H2,1-2H3. The fraction of sp³-hybridized carbons (Fsp3) is 1.00. The summed E-state index contributed by atoms with van der Waals surface area (Å²) in [5.41, 5.74) is 0.629. The van der Waals surface area contributed by atoms with Crippen LogP contribution in [-0.2, 0) is 0 Å². The number of halogens is 1. The van der Waals surface area contributed by atoms with E-state index in [9.17, 15) is 0 Å². The van der Waals surface area contributed by atoms with Crippen molar-refractivity contribution in [3.8, 4) is 0 Å². The minimum absolute atomic E-state index is 0.629. The van der Waals surface area contributed by atoms with Crippen molar-refractivity contribution in [2.75, 3.05) is 25.0 Å². The first-order valence-electron chi connectivity index (χ1n) is 6.37. The second-order valence-corrected chi connectivity index (χ2v) is 6.99. The van der Waals surface area contributed by atoms with E-state index >= 15 is 0 Å². The first-order valence-corrected chi connectivity index (χ1v) is 7.49. The molecular weight excluding hydrogens is 250 g/mol. The van der Waals surface area contributed by atoms with Crippen LogP contribution in [0.15, 0.2) is 0 Å². The van der Waals surface area contributed by atoms with Gasteiger partial charge in [0.15, 0.2) is 0 Å². The van der Waals surface area contributed by atoms with E-state index in [-0.39, 0.29) is 0 Å². The molecule has 88 valence electrons. The predicted octanol–water partition coefficient (Wildman–Crippen LogP) is 3.53. The molecule has 1 heterocycles. The highest BCUT2D eigenvalue weighted by atomic mass is 79.9. The Morgan fingerprint density at radius 1 is 1.13 bits per heavy atom. The number of hydrogen-bond acceptors (Lipinski definition) is 1. The van der Waals surface area contributed by atoms with E-state index in [0.29, 0.717) is 5.41 Å². The maximum absolute atomic E-state index is 3.57. The maximum atomic E-state index is 3.57. The molecule has 0 N–H and O–H groups in total. The van der Waals surface area contributed by atoms with Gasteiger partial charge in [0.1, 0.15) is 0 Å². The third kappa shape index (κ3) is 3.20. The van der Waals surface area contributed by atoms with Crippen molar-refractivity contribution in [2.24, 2.45) is 17.3 Å². The topological polar surface area (TPSA) is 3.24 Å². The van der Waals surface area contributed by atoms with Crippen molar-refractivity contribution in [1.82, 2.24) is 4.90 Å². The molecule has 2 rings (SSSR count). The molecule has 1 saturated heterocycles. The van der Waals surface area contributed by atoms with Crippen LogP contribution in [0.25, 0.3) is 0 Å². The summed E-state index contributed by atoms with van der Waals surface area (Å²) in [6, 6.07) is 0. The fourth-order valence-electron chi connectivity index (χ4n) is 2.93. The summed E-state index contributed by atoms with van der Waals surface area (Å²) in [6.45, 7) is 8.90. The lowest BCUT2D eigenvalue weighted by Gasteiger charge is -2.43. The van der Waals surface area contributed by atoms with Crippen molar-refractivity contribution >= 4 is 15.9 Å². The molecule has 0 radical (unpaired) electrons. The van der Waals surface area contributed by atoms with Crippen molar-refractivity contribution < 1.29 is 0 Å². The Morgan fingerprint density at radius 2 is 1.73 bits per heavy atom. The van der Waals surface area contributed by atoms with Crippen LogP contribution in [0.3, 0.4) is 0 Å². The summed E-state index contributed by atoms with van der Waals surface area (Å²) in [6.07, 6.45) is 5.80. The molecule has 0 atom stereocenters. The monoisotopic (exact) mass is 273 g/mol. The van der Waals surface area contributed by atoms with Crippen molar-refractivity contribution in [3.63, 3.8) is 0 Å². The number of likely N-dealkylation sites (tertiary alicyclic amines) is 1. The summed E-state index contributed by atoms with van der Waals surface area (Å²) in [4.78, 5) is 2.65. The molecule has 1 saturated carbocycles. The van der Waals surface area contributed by atoms with Crippen LogP contribution in [-0.4, -0.2) is 29.9 Å². The molecule has 2 aliphatic rings. The molecule has 0 spiro atoms. The Kier molecular flexibility index (Phi) is 3.77.